The lowest BCUT2D eigenvalue weighted by atomic mass is 10.1. The molecule has 1 aliphatic rings. The van der Waals surface area contributed by atoms with Crippen LogP contribution >= 0.6 is 0 Å². The molecule has 0 atom stereocenters. The van der Waals surface area contributed by atoms with Crippen molar-refractivity contribution in [3.63, 3.8) is 0 Å². The molecule has 0 saturated heterocycles. The molecule has 0 radical (unpaired) electrons. The van der Waals surface area contributed by atoms with Gasteiger partial charge in [0.1, 0.15) is 17.1 Å². The van der Waals surface area contributed by atoms with Crippen molar-refractivity contribution in [1.29, 1.82) is 5.26 Å². The molecule has 1 aliphatic heterocycles. The van der Waals surface area contributed by atoms with Gasteiger partial charge in [0.2, 0.25) is 0 Å². The molecule has 4 rings (SSSR count). The van der Waals surface area contributed by atoms with Gasteiger partial charge in [-0.2, -0.15) is 5.26 Å². The second-order valence-corrected chi connectivity index (χ2v) is 5.22. The molecule has 3 heterocycles. The van der Waals surface area contributed by atoms with Crippen LogP contribution in [-0.4, -0.2) is 16.5 Å². The number of benzene rings is 1. The molecule has 1 aromatic carbocycles. The minimum Gasteiger partial charge on any atom is -0.338 e. The van der Waals surface area contributed by atoms with Gasteiger partial charge in [0.25, 0.3) is 5.56 Å². The maximum Gasteiger partial charge on any atom is 0.268 e. The van der Waals surface area contributed by atoms with E-state index in [-0.39, 0.29) is 11.1 Å². The van der Waals surface area contributed by atoms with E-state index in [1.54, 1.807) is 18.3 Å². The summed E-state index contributed by atoms with van der Waals surface area (Å²) >= 11 is 0. The van der Waals surface area contributed by atoms with Crippen molar-refractivity contribution in [1.82, 2.24) is 9.97 Å². The second-order valence-electron chi connectivity index (χ2n) is 5.22. The first-order chi connectivity index (χ1) is 10.8. The highest BCUT2D eigenvalue weighted by atomic mass is 16.1. The van der Waals surface area contributed by atoms with Crippen LogP contribution in [-0.2, 0) is 6.42 Å². The van der Waals surface area contributed by atoms with Gasteiger partial charge in [0.05, 0.1) is 11.2 Å². The van der Waals surface area contributed by atoms with Gasteiger partial charge in [-0.15, -0.1) is 0 Å². The fourth-order valence-corrected chi connectivity index (χ4v) is 3.04. The minimum atomic E-state index is -0.373. The molecule has 0 spiro atoms. The Labute approximate surface area is 126 Å². The summed E-state index contributed by atoms with van der Waals surface area (Å²) in [5, 5.41) is 9.44. The van der Waals surface area contributed by atoms with Crippen LogP contribution < -0.4 is 10.5 Å². The van der Waals surface area contributed by atoms with Crippen LogP contribution in [0.15, 0.2) is 47.4 Å². The monoisotopic (exact) mass is 288 g/mol. The average molecular weight is 288 g/mol. The third-order valence-electron chi connectivity index (χ3n) is 4.01. The van der Waals surface area contributed by atoms with Crippen molar-refractivity contribution in [3.05, 3.63) is 64.1 Å². The van der Waals surface area contributed by atoms with Gasteiger partial charge in [-0.05, 0) is 30.2 Å². The number of nitriles is 1. The Morgan fingerprint density at radius 3 is 2.95 bits per heavy atom. The van der Waals surface area contributed by atoms with Crippen LogP contribution in [0.2, 0.25) is 0 Å². The van der Waals surface area contributed by atoms with E-state index in [0.717, 1.165) is 18.7 Å². The summed E-state index contributed by atoms with van der Waals surface area (Å²) in [5.41, 5.74) is 3.89. The number of hydrogen-bond acceptors (Lipinski definition) is 4. The Morgan fingerprint density at radius 1 is 1.23 bits per heavy atom. The van der Waals surface area contributed by atoms with Crippen molar-refractivity contribution < 1.29 is 0 Å². The molecule has 5 nitrogen and oxygen atoms in total. The lowest BCUT2D eigenvalue weighted by Crippen LogP contribution is -2.21. The molecule has 0 fully saturated rings. The quantitative estimate of drug-likeness (QED) is 0.746. The number of nitrogens with one attached hydrogen (secondary N) is 1. The van der Waals surface area contributed by atoms with Gasteiger partial charge in [0, 0.05) is 18.4 Å². The molecule has 106 valence electrons. The van der Waals surface area contributed by atoms with Gasteiger partial charge >= 0.3 is 0 Å². The normalized spacial score (nSPS) is 13.1. The predicted molar refractivity (Wildman–Crippen MR) is 84.2 cm³/mol. The summed E-state index contributed by atoms with van der Waals surface area (Å²) in [6.07, 6.45) is 2.56. The summed E-state index contributed by atoms with van der Waals surface area (Å²) in [4.78, 5) is 21.4. The van der Waals surface area contributed by atoms with Crippen LogP contribution in [0.1, 0.15) is 11.1 Å². The van der Waals surface area contributed by atoms with Gasteiger partial charge < -0.3 is 9.88 Å². The zero-order valence-electron chi connectivity index (χ0n) is 11.7. The fourth-order valence-electron chi connectivity index (χ4n) is 3.04. The Kier molecular flexibility index (Phi) is 2.70. The largest absolute Gasteiger partial charge is 0.338 e. The summed E-state index contributed by atoms with van der Waals surface area (Å²) in [6.45, 7) is 0.739. The van der Waals surface area contributed by atoms with E-state index in [4.69, 9.17) is 0 Å². The zero-order chi connectivity index (χ0) is 15.1. The smallest absolute Gasteiger partial charge is 0.268 e. The molecule has 22 heavy (non-hydrogen) atoms. The number of anilines is 2. The number of hydrogen-bond donors (Lipinski definition) is 1. The first kappa shape index (κ1) is 12.6. The molecule has 0 aliphatic carbocycles. The zero-order valence-corrected chi connectivity index (χ0v) is 11.7. The lowest BCUT2D eigenvalue weighted by molar-refractivity contribution is 0.994. The Morgan fingerprint density at radius 2 is 2.09 bits per heavy atom. The molecule has 0 bridgehead atoms. The number of fused-ring (bicyclic) bond motifs is 2. The van der Waals surface area contributed by atoms with Gasteiger partial charge in [-0.25, -0.2) is 0 Å². The SMILES string of the molecule is N#Cc1c(N2CCc3ccccc32)c2ncccc2[nH]c1=O. The summed E-state index contributed by atoms with van der Waals surface area (Å²) in [7, 11) is 0. The van der Waals surface area contributed by atoms with Crippen molar-refractivity contribution >= 4 is 22.4 Å². The third-order valence-corrected chi connectivity index (χ3v) is 4.01. The number of para-hydroxylation sites is 1. The average Bonchev–Trinajstić information content (AvgIpc) is 2.97. The van der Waals surface area contributed by atoms with Crippen molar-refractivity contribution in [2.24, 2.45) is 0 Å². The fraction of sp³-hybridized carbons (Fsp3) is 0.118. The van der Waals surface area contributed by atoms with Crippen molar-refractivity contribution in [2.45, 2.75) is 6.42 Å². The highest BCUT2D eigenvalue weighted by Gasteiger charge is 2.26. The summed E-state index contributed by atoms with van der Waals surface area (Å²) in [5.74, 6) is 0. The predicted octanol–water partition coefficient (Wildman–Crippen LogP) is 2.49. The molecular formula is C17H12N4O. The molecule has 0 saturated carbocycles. The second kappa shape index (κ2) is 4.71. The van der Waals surface area contributed by atoms with E-state index in [2.05, 4.69) is 16.0 Å². The molecular weight excluding hydrogens is 276 g/mol. The number of aromatic amines is 1. The third kappa shape index (κ3) is 1.71. The van der Waals surface area contributed by atoms with Gasteiger partial charge in [-0.3, -0.25) is 9.78 Å². The summed E-state index contributed by atoms with van der Waals surface area (Å²) in [6, 6.07) is 13.7. The maximum absolute atomic E-state index is 12.2. The number of aromatic nitrogens is 2. The molecule has 1 N–H and O–H groups in total. The van der Waals surface area contributed by atoms with Crippen LogP contribution in [0.25, 0.3) is 11.0 Å². The van der Waals surface area contributed by atoms with Crippen molar-refractivity contribution in [3.8, 4) is 6.07 Å². The first-order valence-corrected chi connectivity index (χ1v) is 7.06. The Bertz CT molecular complexity index is 984. The number of pyridine rings is 2. The van der Waals surface area contributed by atoms with E-state index in [1.807, 2.05) is 29.2 Å². The van der Waals surface area contributed by atoms with E-state index in [1.165, 1.54) is 5.56 Å². The number of H-pyrrole nitrogens is 1. The standard InChI is InChI=1S/C17H12N4O/c18-10-12-16(15-13(20-17(12)22)5-3-8-19-15)21-9-7-11-4-1-2-6-14(11)21/h1-6,8H,7,9H2,(H,20,22). The highest BCUT2D eigenvalue weighted by Crippen LogP contribution is 2.37. The van der Waals surface area contributed by atoms with Crippen LogP contribution in [0.3, 0.4) is 0 Å². The maximum atomic E-state index is 12.2. The Hall–Kier alpha value is -3.13. The molecule has 2 aromatic heterocycles. The van der Waals surface area contributed by atoms with Gasteiger partial charge in [0.15, 0.2) is 0 Å². The van der Waals surface area contributed by atoms with Crippen molar-refractivity contribution in [2.75, 3.05) is 11.4 Å². The molecule has 0 amide bonds. The minimum absolute atomic E-state index is 0.114. The van der Waals surface area contributed by atoms with Crippen LogP contribution in [0.4, 0.5) is 11.4 Å². The number of nitrogens with zero attached hydrogens (tertiary/aromatic N) is 3. The topological polar surface area (TPSA) is 72.8 Å². The van der Waals surface area contributed by atoms with E-state index in [9.17, 15) is 10.1 Å². The molecule has 3 aromatic rings. The Balaban J connectivity index is 2.07. The van der Waals surface area contributed by atoms with E-state index < -0.39 is 0 Å². The van der Waals surface area contributed by atoms with Crippen LogP contribution in [0, 0.1) is 11.3 Å². The van der Waals surface area contributed by atoms with Crippen LogP contribution in [0.5, 0.6) is 0 Å². The lowest BCUT2D eigenvalue weighted by Gasteiger charge is -2.21. The summed E-state index contributed by atoms with van der Waals surface area (Å²) < 4.78 is 0. The molecule has 5 heteroatoms. The highest BCUT2D eigenvalue weighted by molar-refractivity contribution is 5.94. The number of rotatable bonds is 1. The van der Waals surface area contributed by atoms with E-state index in [0.29, 0.717) is 16.7 Å². The van der Waals surface area contributed by atoms with Gasteiger partial charge in [-0.1, -0.05) is 18.2 Å². The van der Waals surface area contributed by atoms with E-state index >= 15 is 0 Å². The first-order valence-electron chi connectivity index (χ1n) is 7.06. The molecule has 0 unspecified atom stereocenters.